The van der Waals surface area contributed by atoms with Crippen molar-refractivity contribution in [3.8, 4) is 5.75 Å². The molecule has 0 unspecified atom stereocenters. The lowest BCUT2D eigenvalue weighted by molar-refractivity contribution is -0.385. The summed E-state index contributed by atoms with van der Waals surface area (Å²) in [6, 6.07) is 1.18. The predicted octanol–water partition coefficient (Wildman–Crippen LogP) is 1.67. The van der Waals surface area contributed by atoms with Gasteiger partial charge in [-0.2, -0.15) is 0 Å². The molecule has 0 atom stereocenters. The summed E-state index contributed by atoms with van der Waals surface area (Å²) in [7, 11) is 1.70. The van der Waals surface area contributed by atoms with Gasteiger partial charge >= 0.3 is 0 Å². The van der Waals surface area contributed by atoms with Crippen LogP contribution in [0.2, 0.25) is 0 Å². The van der Waals surface area contributed by atoms with Crippen LogP contribution in [0.5, 0.6) is 5.75 Å². The molecule has 0 radical (unpaired) electrons. The number of hydrogen-bond donors (Lipinski definition) is 0. The molecule has 6 nitrogen and oxygen atoms in total. The summed E-state index contributed by atoms with van der Waals surface area (Å²) in [5.74, 6) is -1.82. The van der Waals surface area contributed by atoms with E-state index in [2.05, 4.69) is 4.74 Å². The monoisotopic (exact) mass is 269 g/mol. The molecule has 0 amide bonds. The zero-order chi connectivity index (χ0) is 12.5. The Labute approximate surface area is 94.2 Å². The van der Waals surface area contributed by atoms with Crippen molar-refractivity contribution in [2.75, 3.05) is 7.11 Å². The molecule has 0 aliphatic carbocycles. The van der Waals surface area contributed by atoms with Gasteiger partial charge in [-0.3, -0.25) is 10.1 Å². The minimum atomic E-state index is -4.32. The molecule has 0 spiro atoms. The van der Waals surface area contributed by atoms with Gasteiger partial charge in [0.05, 0.1) is 18.1 Å². The van der Waals surface area contributed by atoms with Crippen LogP contribution in [0.1, 0.15) is 0 Å². The first kappa shape index (κ1) is 12.7. The second kappa shape index (κ2) is 4.22. The molecule has 1 aromatic carbocycles. The van der Waals surface area contributed by atoms with E-state index < -0.39 is 36.1 Å². The zero-order valence-corrected chi connectivity index (χ0v) is 9.38. The summed E-state index contributed by atoms with van der Waals surface area (Å²) in [6.45, 7) is 0. The Hall–Kier alpha value is -1.41. The Morgan fingerprint density at radius 2 is 2.06 bits per heavy atom. The standard InChI is InChI=1S/C7H5ClFNO5S/c1-15-7-5(9)2-4(10(11)12)3-6(7)16(8,13)14/h2-3H,1H3. The van der Waals surface area contributed by atoms with Gasteiger partial charge in [-0.25, -0.2) is 12.8 Å². The fourth-order valence-corrected chi connectivity index (χ4v) is 2.05. The van der Waals surface area contributed by atoms with Crippen molar-refractivity contribution in [2.24, 2.45) is 0 Å². The highest BCUT2D eigenvalue weighted by atomic mass is 35.7. The van der Waals surface area contributed by atoms with Crippen LogP contribution < -0.4 is 4.74 Å². The Kier molecular flexibility index (Phi) is 3.34. The van der Waals surface area contributed by atoms with Gasteiger partial charge in [0.25, 0.3) is 14.7 Å². The summed E-state index contributed by atoms with van der Waals surface area (Å²) in [5.41, 5.74) is -0.725. The Morgan fingerprint density at radius 3 is 2.44 bits per heavy atom. The average molecular weight is 270 g/mol. The van der Waals surface area contributed by atoms with Crippen molar-refractivity contribution in [1.29, 1.82) is 0 Å². The van der Waals surface area contributed by atoms with E-state index in [1.807, 2.05) is 0 Å². The quantitative estimate of drug-likeness (QED) is 0.473. The average Bonchev–Trinajstić information content (AvgIpc) is 2.14. The molecule has 0 N–H and O–H groups in total. The maximum absolute atomic E-state index is 13.2. The number of non-ortho nitro benzene ring substituents is 1. The van der Waals surface area contributed by atoms with E-state index in [1.54, 1.807) is 0 Å². The van der Waals surface area contributed by atoms with Crippen LogP contribution in [0.15, 0.2) is 17.0 Å². The summed E-state index contributed by atoms with van der Waals surface area (Å²) in [6.07, 6.45) is 0. The van der Waals surface area contributed by atoms with E-state index in [9.17, 15) is 22.9 Å². The van der Waals surface area contributed by atoms with Gasteiger partial charge < -0.3 is 4.74 Å². The highest BCUT2D eigenvalue weighted by Crippen LogP contribution is 2.33. The zero-order valence-electron chi connectivity index (χ0n) is 7.81. The van der Waals surface area contributed by atoms with E-state index in [4.69, 9.17) is 10.7 Å². The van der Waals surface area contributed by atoms with Gasteiger partial charge in [0.2, 0.25) is 0 Å². The maximum Gasteiger partial charge on any atom is 0.273 e. The Bertz CT molecular complexity index is 544. The smallest absolute Gasteiger partial charge is 0.273 e. The van der Waals surface area contributed by atoms with Crippen LogP contribution in [0, 0.1) is 15.9 Å². The van der Waals surface area contributed by atoms with Gasteiger partial charge in [0, 0.05) is 16.7 Å². The topological polar surface area (TPSA) is 86.5 Å². The third-order valence-electron chi connectivity index (χ3n) is 1.67. The highest BCUT2D eigenvalue weighted by molar-refractivity contribution is 8.13. The molecular formula is C7H5ClFNO5S. The Morgan fingerprint density at radius 1 is 1.50 bits per heavy atom. The molecule has 0 saturated heterocycles. The van der Waals surface area contributed by atoms with E-state index in [-0.39, 0.29) is 0 Å². The first-order chi connectivity index (χ1) is 7.27. The van der Waals surface area contributed by atoms with Crippen molar-refractivity contribution in [2.45, 2.75) is 4.90 Å². The number of nitrogens with zero attached hydrogens (tertiary/aromatic N) is 1. The third kappa shape index (κ3) is 2.39. The molecular weight excluding hydrogens is 265 g/mol. The normalized spacial score (nSPS) is 11.2. The molecule has 1 aromatic rings. The Balaban J connectivity index is 3.62. The number of ether oxygens (including phenoxy) is 1. The molecule has 16 heavy (non-hydrogen) atoms. The number of halogens is 2. The second-order valence-electron chi connectivity index (χ2n) is 2.65. The van der Waals surface area contributed by atoms with Crippen LogP contribution in [-0.4, -0.2) is 20.5 Å². The number of methoxy groups -OCH3 is 1. The van der Waals surface area contributed by atoms with E-state index in [0.717, 1.165) is 7.11 Å². The third-order valence-corrected chi connectivity index (χ3v) is 3.00. The van der Waals surface area contributed by atoms with Crippen molar-refractivity contribution >= 4 is 25.4 Å². The summed E-state index contributed by atoms with van der Waals surface area (Å²) >= 11 is 0. The molecule has 0 aliphatic rings. The molecule has 0 aromatic heterocycles. The van der Waals surface area contributed by atoms with Crippen LogP contribution >= 0.6 is 10.7 Å². The lowest BCUT2D eigenvalue weighted by atomic mass is 10.3. The van der Waals surface area contributed by atoms with Crippen molar-refractivity contribution in [3.63, 3.8) is 0 Å². The van der Waals surface area contributed by atoms with Crippen LogP contribution in [0.4, 0.5) is 10.1 Å². The van der Waals surface area contributed by atoms with Crippen molar-refractivity contribution in [3.05, 3.63) is 28.1 Å². The number of hydrogen-bond acceptors (Lipinski definition) is 5. The van der Waals surface area contributed by atoms with Crippen LogP contribution in [0.25, 0.3) is 0 Å². The SMILES string of the molecule is COc1c(F)cc([N+](=O)[O-])cc1S(=O)(=O)Cl. The summed E-state index contributed by atoms with van der Waals surface area (Å²) < 4.78 is 39.8. The largest absolute Gasteiger partial charge is 0.492 e. The van der Waals surface area contributed by atoms with E-state index >= 15 is 0 Å². The minimum Gasteiger partial charge on any atom is -0.492 e. The van der Waals surface area contributed by atoms with Gasteiger partial charge in [0.15, 0.2) is 11.6 Å². The van der Waals surface area contributed by atoms with E-state index in [1.165, 1.54) is 0 Å². The first-order valence-corrected chi connectivity index (χ1v) is 6.05. The molecule has 0 heterocycles. The molecule has 1 rings (SSSR count). The van der Waals surface area contributed by atoms with Gasteiger partial charge in [-0.05, 0) is 0 Å². The lowest BCUT2D eigenvalue weighted by Crippen LogP contribution is -2.01. The predicted molar refractivity (Wildman–Crippen MR) is 52.6 cm³/mol. The molecule has 0 bridgehead atoms. The highest BCUT2D eigenvalue weighted by Gasteiger charge is 2.25. The number of nitro benzene ring substituents is 1. The number of nitro groups is 1. The number of rotatable bonds is 3. The minimum absolute atomic E-state index is 0.546. The van der Waals surface area contributed by atoms with Crippen LogP contribution in [-0.2, 0) is 9.05 Å². The molecule has 0 aliphatic heterocycles. The second-order valence-corrected chi connectivity index (χ2v) is 5.19. The van der Waals surface area contributed by atoms with E-state index in [0.29, 0.717) is 12.1 Å². The first-order valence-electron chi connectivity index (χ1n) is 3.74. The maximum atomic E-state index is 13.2. The molecule has 88 valence electrons. The number of benzene rings is 1. The fraction of sp³-hybridized carbons (Fsp3) is 0.143. The van der Waals surface area contributed by atoms with Crippen molar-refractivity contribution in [1.82, 2.24) is 0 Å². The lowest BCUT2D eigenvalue weighted by Gasteiger charge is -2.06. The van der Waals surface area contributed by atoms with Crippen molar-refractivity contribution < 1.29 is 22.5 Å². The van der Waals surface area contributed by atoms with Crippen LogP contribution in [0.3, 0.4) is 0 Å². The molecule has 0 saturated carbocycles. The summed E-state index contributed by atoms with van der Waals surface area (Å²) in [5, 5.41) is 10.4. The molecule has 9 heteroatoms. The molecule has 0 fully saturated rings. The van der Waals surface area contributed by atoms with Gasteiger partial charge in [-0.15, -0.1) is 0 Å². The fourth-order valence-electron chi connectivity index (χ4n) is 1.04. The van der Waals surface area contributed by atoms with Gasteiger partial charge in [-0.1, -0.05) is 0 Å². The van der Waals surface area contributed by atoms with Gasteiger partial charge in [0.1, 0.15) is 4.90 Å². The summed E-state index contributed by atoms with van der Waals surface area (Å²) in [4.78, 5) is 8.68.